The van der Waals surface area contributed by atoms with Crippen LogP contribution in [0.1, 0.15) is 11.1 Å². The number of halogens is 1. The molecule has 0 bridgehead atoms. The summed E-state index contributed by atoms with van der Waals surface area (Å²) in [6.45, 7) is -0.194. The van der Waals surface area contributed by atoms with Gasteiger partial charge in [-0.3, -0.25) is 4.98 Å². The van der Waals surface area contributed by atoms with Crippen molar-refractivity contribution in [1.29, 1.82) is 0 Å². The number of aromatic nitrogens is 1. The minimum absolute atomic E-state index is 0.148. The Morgan fingerprint density at radius 2 is 2.05 bits per heavy atom. The molecule has 2 N–H and O–H groups in total. The summed E-state index contributed by atoms with van der Waals surface area (Å²) in [5, 5.41) is 8.89. The minimum Gasteiger partial charge on any atom is -0.392 e. The van der Waals surface area contributed by atoms with Crippen LogP contribution in [0.25, 0.3) is 0 Å². The Morgan fingerprint density at radius 3 is 2.67 bits per heavy atom. The van der Waals surface area contributed by atoms with Gasteiger partial charge >= 0.3 is 0 Å². The smallest absolute Gasteiger partial charge is 0.243 e. The van der Waals surface area contributed by atoms with Gasteiger partial charge in [-0.2, -0.15) is 0 Å². The van der Waals surface area contributed by atoms with Gasteiger partial charge < -0.3 is 5.11 Å². The van der Waals surface area contributed by atoms with Crippen molar-refractivity contribution >= 4 is 10.0 Å². The molecule has 0 saturated heterocycles. The third kappa shape index (κ3) is 4.07. The average Bonchev–Trinajstić information content (AvgIpc) is 2.47. The third-order valence-electron chi connectivity index (χ3n) is 2.90. The Labute approximate surface area is 122 Å². The van der Waals surface area contributed by atoms with E-state index >= 15 is 0 Å². The van der Waals surface area contributed by atoms with Gasteiger partial charge in [0.2, 0.25) is 10.0 Å². The van der Waals surface area contributed by atoms with Crippen LogP contribution in [0.4, 0.5) is 4.39 Å². The Bertz CT molecular complexity index is 705. The van der Waals surface area contributed by atoms with Crippen molar-refractivity contribution in [1.82, 2.24) is 9.71 Å². The van der Waals surface area contributed by atoms with E-state index in [0.29, 0.717) is 12.0 Å². The van der Waals surface area contributed by atoms with Gasteiger partial charge in [-0.25, -0.2) is 17.5 Å². The van der Waals surface area contributed by atoms with Crippen molar-refractivity contribution in [3.05, 3.63) is 59.7 Å². The molecule has 0 aliphatic rings. The van der Waals surface area contributed by atoms with E-state index in [9.17, 15) is 12.8 Å². The van der Waals surface area contributed by atoms with Crippen LogP contribution < -0.4 is 4.72 Å². The summed E-state index contributed by atoms with van der Waals surface area (Å²) >= 11 is 0. The van der Waals surface area contributed by atoms with Crippen LogP contribution >= 0.6 is 0 Å². The minimum atomic E-state index is -3.91. The molecule has 0 amide bonds. The fraction of sp³-hybridized carbons (Fsp3) is 0.214. The first-order valence-electron chi connectivity index (χ1n) is 6.31. The van der Waals surface area contributed by atoms with Crippen LogP contribution in [0.5, 0.6) is 0 Å². The zero-order chi connectivity index (χ0) is 15.3. The van der Waals surface area contributed by atoms with E-state index in [1.807, 2.05) is 6.07 Å². The second kappa shape index (κ2) is 6.75. The zero-order valence-corrected chi connectivity index (χ0v) is 12.0. The van der Waals surface area contributed by atoms with Crippen LogP contribution in [0, 0.1) is 5.82 Å². The standard InChI is InChI=1S/C14H15FN2O3S/c15-13-8-12(10-18)3-4-14(13)21(19,20)17-7-5-11-2-1-6-16-9-11/h1-4,6,8-9,17-18H,5,7,10H2. The van der Waals surface area contributed by atoms with Gasteiger partial charge in [0.15, 0.2) is 0 Å². The molecule has 1 aromatic carbocycles. The molecule has 2 rings (SSSR count). The monoisotopic (exact) mass is 310 g/mol. The fourth-order valence-corrected chi connectivity index (χ4v) is 2.90. The van der Waals surface area contributed by atoms with Crippen LogP contribution in [0.2, 0.25) is 0 Å². The lowest BCUT2D eigenvalue weighted by molar-refractivity contribution is 0.281. The Kier molecular flexibility index (Phi) is 5.00. The van der Waals surface area contributed by atoms with Crippen molar-refractivity contribution in [3.63, 3.8) is 0 Å². The molecule has 0 atom stereocenters. The van der Waals surface area contributed by atoms with Crippen LogP contribution in [0.15, 0.2) is 47.6 Å². The lowest BCUT2D eigenvalue weighted by Gasteiger charge is -2.08. The molecular weight excluding hydrogens is 295 g/mol. The lowest BCUT2D eigenvalue weighted by atomic mass is 10.2. The number of aliphatic hydroxyl groups excluding tert-OH is 1. The molecule has 0 radical (unpaired) electrons. The maximum absolute atomic E-state index is 13.7. The number of pyridine rings is 1. The second-order valence-electron chi connectivity index (χ2n) is 4.43. The largest absolute Gasteiger partial charge is 0.392 e. The number of nitrogens with zero attached hydrogens (tertiary/aromatic N) is 1. The summed E-state index contributed by atoms with van der Waals surface area (Å²) in [5.41, 5.74) is 1.21. The summed E-state index contributed by atoms with van der Waals surface area (Å²) in [6.07, 6.45) is 3.74. The highest BCUT2D eigenvalue weighted by atomic mass is 32.2. The highest BCUT2D eigenvalue weighted by molar-refractivity contribution is 7.89. The third-order valence-corrected chi connectivity index (χ3v) is 4.39. The van der Waals surface area contributed by atoms with Gasteiger partial charge in [-0.05, 0) is 35.7 Å². The van der Waals surface area contributed by atoms with E-state index < -0.39 is 20.7 Å². The summed E-state index contributed by atoms with van der Waals surface area (Å²) in [5.74, 6) is -0.879. The molecule has 5 nitrogen and oxygen atoms in total. The number of sulfonamides is 1. The summed E-state index contributed by atoms with van der Waals surface area (Å²) < 4.78 is 40.1. The van der Waals surface area contributed by atoms with E-state index in [4.69, 9.17) is 5.11 Å². The number of rotatable bonds is 6. The first-order chi connectivity index (χ1) is 10.0. The predicted molar refractivity (Wildman–Crippen MR) is 75.5 cm³/mol. The first-order valence-corrected chi connectivity index (χ1v) is 7.79. The van der Waals surface area contributed by atoms with Crippen LogP contribution in [0.3, 0.4) is 0 Å². The maximum atomic E-state index is 13.7. The SMILES string of the molecule is O=S(=O)(NCCc1cccnc1)c1ccc(CO)cc1F. The van der Waals surface area contributed by atoms with E-state index in [1.165, 1.54) is 6.07 Å². The topological polar surface area (TPSA) is 79.3 Å². The quantitative estimate of drug-likeness (QED) is 0.841. The van der Waals surface area contributed by atoms with Crippen molar-refractivity contribution in [3.8, 4) is 0 Å². The molecule has 7 heteroatoms. The van der Waals surface area contributed by atoms with Gasteiger partial charge in [-0.15, -0.1) is 0 Å². The Morgan fingerprint density at radius 1 is 1.24 bits per heavy atom. The molecule has 112 valence electrons. The average molecular weight is 310 g/mol. The Hall–Kier alpha value is -1.83. The van der Waals surface area contributed by atoms with Crippen molar-refractivity contribution in [2.75, 3.05) is 6.54 Å². The molecule has 0 fully saturated rings. The van der Waals surface area contributed by atoms with Crippen LogP contribution in [-0.4, -0.2) is 25.1 Å². The molecule has 0 aliphatic heterocycles. The van der Waals surface area contributed by atoms with Gasteiger partial charge in [0.1, 0.15) is 10.7 Å². The highest BCUT2D eigenvalue weighted by Gasteiger charge is 2.18. The summed E-state index contributed by atoms with van der Waals surface area (Å²) in [6, 6.07) is 7.12. The highest BCUT2D eigenvalue weighted by Crippen LogP contribution is 2.16. The number of benzene rings is 1. The molecule has 21 heavy (non-hydrogen) atoms. The summed E-state index contributed by atoms with van der Waals surface area (Å²) in [4.78, 5) is 3.51. The van der Waals surface area contributed by atoms with Gasteiger partial charge in [-0.1, -0.05) is 12.1 Å². The first kappa shape index (κ1) is 15.6. The maximum Gasteiger partial charge on any atom is 0.243 e. The fourth-order valence-electron chi connectivity index (χ4n) is 1.81. The number of hydrogen-bond donors (Lipinski definition) is 2. The van der Waals surface area contributed by atoms with Crippen molar-refractivity contribution < 1.29 is 17.9 Å². The number of aliphatic hydroxyl groups is 1. The number of hydrogen-bond acceptors (Lipinski definition) is 4. The van der Waals surface area contributed by atoms with Crippen molar-refractivity contribution in [2.24, 2.45) is 0 Å². The van der Waals surface area contributed by atoms with Crippen LogP contribution in [-0.2, 0) is 23.1 Å². The van der Waals surface area contributed by atoms with Crippen molar-refractivity contribution in [2.45, 2.75) is 17.9 Å². The number of nitrogens with one attached hydrogen (secondary N) is 1. The van der Waals surface area contributed by atoms with E-state index in [-0.39, 0.29) is 13.2 Å². The van der Waals surface area contributed by atoms with Gasteiger partial charge in [0, 0.05) is 18.9 Å². The molecule has 1 heterocycles. The predicted octanol–water partition coefficient (Wildman–Crippen LogP) is 1.23. The Balaban J connectivity index is 2.05. The van der Waals surface area contributed by atoms with Gasteiger partial charge in [0.05, 0.1) is 6.61 Å². The molecular formula is C14H15FN2O3S. The second-order valence-corrected chi connectivity index (χ2v) is 6.17. The normalized spacial score (nSPS) is 11.5. The van der Waals surface area contributed by atoms with E-state index in [1.54, 1.807) is 18.5 Å². The molecule has 0 aliphatic carbocycles. The van der Waals surface area contributed by atoms with E-state index in [2.05, 4.69) is 9.71 Å². The molecule has 0 spiro atoms. The van der Waals surface area contributed by atoms with Gasteiger partial charge in [0.25, 0.3) is 0 Å². The zero-order valence-electron chi connectivity index (χ0n) is 11.2. The molecule has 0 saturated carbocycles. The molecule has 2 aromatic rings. The van der Waals surface area contributed by atoms with E-state index in [0.717, 1.165) is 17.7 Å². The lowest BCUT2D eigenvalue weighted by Crippen LogP contribution is -2.26. The molecule has 1 aromatic heterocycles. The molecule has 0 unspecified atom stereocenters. The summed E-state index contributed by atoms with van der Waals surface area (Å²) in [7, 11) is -3.91.